The minimum atomic E-state index is 0.320. The molecule has 5 rings (SSSR count). The van der Waals surface area contributed by atoms with Crippen LogP contribution in [0.15, 0.2) is 36.7 Å². The fourth-order valence-electron chi connectivity index (χ4n) is 4.64. The van der Waals surface area contributed by atoms with Gasteiger partial charge >= 0.3 is 0 Å². The number of nitrogens with zero attached hydrogens (tertiary/aromatic N) is 4. The highest BCUT2D eigenvalue weighted by atomic mass is 15.2. The van der Waals surface area contributed by atoms with Crippen molar-refractivity contribution in [2.75, 3.05) is 18.8 Å². The van der Waals surface area contributed by atoms with E-state index in [4.69, 9.17) is 5.73 Å². The van der Waals surface area contributed by atoms with Crippen LogP contribution in [0, 0.1) is 0 Å². The third-order valence-corrected chi connectivity index (χ3v) is 6.06. The van der Waals surface area contributed by atoms with Crippen molar-refractivity contribution in [1.82, 2.24) is 19.4 Å². The highest BCUT2D eigenvalue weighted by Crippen LogP contribution is 2.28. The van der Waals surface area contributed by atoms with Gasteiger partial charge in [0.05, 0.1) is 0 Å². The van der Waals surface area contributed by atoms with Gasteiger partial charge in [-0.1, -0.05) is 6.07 Å². The molecule has 0 bridgehead atoms. The number of benzene rings is 1. The van der Waals surface area contributed by atoms with E-state index in [2.05, 4.69) is 43.8 Å². The summed E-state index contributed by atoms with van der Waals surface area (Å²) in [5, 5.41) is 1.02. The number of likely N-dealkylation sites (tertiary alicyclic amines) is 1. The van der Waals surface area contributed by atoms with Crippen LogP contribution in [0.25, 0.3) is 16.7 Å². The third kappa shape index (κ3) is 2.76. The van der Waals surface area contributed by atoms with E-state index in [1.54, 1.807) is 6.20 Å². The van der Waals surface area contributed by atoms with Gasteiger partial charge in [-0.2, -0.15) is 4.98 Å². The molecule has 1 fully saturated rings. The lowest BCUT2D eigenvalue weighted by molar-refractivity contribution is 0.222. The summed E-state index contributed by atoms with van der Waals surface area (Å²) in [4.78, 5) is 11.2. The van der Waals surface area contributed by atoms with Gasteiger partial charge in [-0.3, -0.25) is 0 Å². The van der Waals surface area contributed by atoms with Gasteiger partial charge in [0, 0.05) is 29.5 Å². The van der Waals surface area contributed by atoms with Crippen molar-refractivity contribution in [3.63, 3.8) is 0 Å². The number of nitrogen functional groups attached to an aromatic ring is 1. The number of fused-ring (bicyclic) bond motifs is 2. The van der Waals surface area contributed by atoms with Gasteiger partial charge < -0.3 is 15.2 Å². The van der Waals surface area contributed by atoms with Crippen LogP contribution in [-0.4, -0.2) is 38.6 Å². The first-order valence-corrected chi connectivity index (χ1v) is 9.74. The van der Waals surface area contributed by atoms with Crippen LogP contribution in [-0.2, 0) is 12.8 Å². The van der Waals surface area contributed by atoms with E-state index in [-0.39, 0.29) is 0 Å². The molecule has 5 nitrogen and oxygen atoms in total. The fraction of sp³-hybridized carbons (Fsp3) is 0.429. The number of hydrogen-bond donors (Lipinski definition) is 1. The lowest BCUT2D eigenvalue weighted by atomic mass is 10.0. The Balaban J connectivity index is 1.46. The fourth-order valence-corrected chi connectivity index (χ4v) is 4.64. The van der Waals surface area contributed by atoms with Crippen molar-refractivity contribution >= 4 is 17.0 Å². The molecule has 1 aliphatic carbocycles. The molecule has 1 unspecified atom stereocenters. The monoisotopic (exact) mass is 347 g/mol. The quantitative estimate of drug-likeness (QED) is 0.722. The first kappa shape index (κ1) is 15.8. The summed E-state index contributed by atoms with van der Waals surface area (Å²) < 4.78 is 2.12. The van der Waals surface area contributed by atoms with Gasteiger partial charge in [0.25, 0.3) is 0 Å². The van der Waals surface area contributed by atoms with Gasteiger partial charge in [0.2, 0.25) is 5.95 Å². The first-order chi connectivity index (χ1) is 12.8. The van der Waals surface area contributed by atoms with Crippen LogP contribution in [0.5, 0.6) is 0 Å². The highest BCUT2D eigenvalue weighted by Gasteiger charge is 2.24. The predicted octanol–water partition coefficient (Wildman–Crippen LogP) is 3.35. The van der Waals surface area contributed by atoms with E-state index in [1.807, 2.05) is 6.07 Å². The Morgan fingerprint density at radius 1 is 1.00 bits per heavy atom. The topological polar surface area (TPSA) is 60.0 Å². The number of rotatable bonds is 2. The van der Waals surface area contributed by atoms with Gasteiger partial charge in [0.1, 0.15) is 5.65 Å². The first-order valence-electron chi connectivity index (χ1n) is 9.74. The van der Waals surface area contributed by atoms with Crippen molar-refractivity contribution in [3.05, 3.63) is 47.8 Å². The zero-order valence-corrected chi connectivity index (χ0v) is 15.1. The minimum absolute atomic E-state index is 0.320. The Bertz CT molecular complexity index is 939. The second kappa shape index (κ2) is 6.40. The van der Waals surface area contributed by atoms with E-state index < -0.39 is 0 Å². The number of hydrogen-bond acceptors (Lipinski definition) is 4. The molecule has 1 saturated heterocycles. The van der Waals surface area contributed by atoms with Crippen LogP contribution >= 0.6 is 0 Å². The standard InChI is InChI=1S/C21H25N5/c22-21-23-14-17-9-12-26(20(17)24-21)19-8-4-15-3-6-18(7-5-16(15)13-19)25-10-1-2-11-25/h4,8-9,12-14,18H,1-3,5-7,10-11H2,(H2,22,23,24). The summed E-state index contributed by atoms with van der Waals surface area (Å²) in [6, 6.07) is 9.68. The average molecular weight is 347 g/mol. The zero-order chi connectivity index (χ0) is 17.5. The van der Waals surface area contributed by atoms with Crippen molar-refractivity contribution in [1.29, 1.82) is 0 Å². The maximum atomic E-state index is 5.80. The number of anilines is 1. The number of nitrogens with two attached hydrogens (primary N) is 1. The molecule has 1 atom stereocenters. The van der Waals surface area contributed by atoms with E-state index in [0.717, 1.165) is 22.8 Å². The summed E-state index contributed by atoms with van der Waals surface area (Å²) in [5.74, 6) is 0.320. The molecular weight excluding hydrogens is 322 g/mol. The molecule has 1 aliphatic heterocycles. The predicted molar refractivity (Wildman–Crippen MR) is 105 cm³/mol. The van der Waals surface area contributed by atoms with E-state index >= 15 is 0 Å². The Morgan fingerprint density at radius 2 is 1.81 bits per heavy atom. The molecule has 2 aliphatic rings. The molecule has 3 aromatic rings. The molecule has 5 heteroatoms. The number of aromatic nitrogens is 3. The Kier molecular flexibility index (Phi) is 3.89. The summed E-state index contributed by atoms with van der Waals surface area (Å²) in [7, 11) is 0. The van der Waals surface area contributed by atoms with Crippen LogP contribution in [0.4, 0.5) is 5.95 Å². The third-order valence-electron chi connectivity index (χ3n) is 6.06. The second-order valence-electron chi connectivity index (χ2n) is 7.62. The van der Waals surface area contributed by atoms with Crippen LogP contribution in [0.3, 0.4) is 0 Å². The van der Waals surface area contributed by atoms with Gasteiger partial charge in [-0.25, -0.2) is 4.98 Å². The van der Waals surface area contributed by atoms with Crippen LogP contribution in [0.1, 0.15) is 36.8 Å². The molecule has 2 N–H and O–H groups in total. The molecule has 0 amide bonds. The smallest absolute Gasteiger partial charge is 0.221 e. The normalized spacial score (nSPS) is 21.0. The molecule has 0 spiro atoms. The molecule has 26 heavy (non-hydrogen) atoms. The number of aryl methyl sites for hydroxylation is 2. The molecule has 0 radical (unpaired) electrons. The van der Waals surface area contributed by atoms with Crippen LogP contribution < -0.4 is 5.73 Å². The molecule has 2 aromatic heterocycles. The minimum Gasteiger partial charge on any atom is -0.368 e. The second-order valence-corrected chi connectivity index (χ2v) is 7.62. The average Bonchev–Trinajstić information content (AvgIpc) is 3.28. The largest absolute Gasteiger partial charge is 0.368 e. The molecule has 3 heterocycles. The van der Waals surface area contributed by atoms with Crippen molar-refractivity contribution in [3.8, 4) is 5.69 Å². The maximum absolute atomic E-state index is 5.80. The van der Waals surface area contributed by atoms with E-state index in [9.17, 15) is 0 Å². The Labute approximate surface area is 153 Å². The van der Waals surface area contributed by atoms with Gasteiger partial charge in [-0.15, -0.1) is 0 Å². The molecule has 134 valence electrons. The molecule has 1 aromatic carbocycles. The summed E-state index contributed by atoms with van der Waals surface area (Å²) in [5.41, 5.74) is 10.8. The lowest BCUT2D eigenvalue weighted by Gasteiger charge is -2.25. The lowest BCUT2D eigenvalue weighted by Crippen LogP contribution is -2.32. The van der Waals surface area contributed by atoms with Gasteiger partial charge in [0.15, 0.2) is 0 Å². The maximum Gasteiger partial charge on any atom is 0.221 e. The summed E-state index contributed by atoms with van der Waals surface area (Å²) in [6.07, 6.45) is 11.5. The molecule has 0 saturated carbocycles. The van der Waals surface area contributed by atoms with E-state index in [1.165, 1.54) is 62.7 Å². The highest BCUT2D eigenvalue weighted by molar-refractivity contribution is 5.78. The SMILES string of the molecule is Nc1ncc2ccn(-c3ccc4c(c3)CCC(N3CCCC3)CC4)c2n1. The molecular formula is C21H25N5. The van der Waals surface area contributed by atoms with Crippen molar-refractivity contribution < 1.29 is 0 Å². The van der Waals surface area contributed by atoms with Crippen molar-refractivity contribution in [2.45, 2.75) is 44.6 Å². The Hall–Kier alpha value is -2.40. The summed E-state index contributed by atoms with van der Waals surface area (Å²) in [6.45, 7) is 2.59. The zero-order valence-electron chi connectivity index (χ0n) is 15.1. The van der Waals surface area contributed by atoms with Gasteiger partial charge in [-0.05, 0) is 80.9 Å². The van der Waals surface area contributed by atoms with Crippen LogP contribution in [0.2, 0.25) is 0 Å². The summed E-state index contributed by atoms with van der Waals surface area (Å²) >= 11 is 0. The Morgan fingerprint density at radius 3 is 2.65 bits per heavy atom. The van der Waals surface area contributed by atoms with E-state index in [0.29, 0.717) is 5.95 Å². The van der Waals surface area contributed by atoms with Crippen molar-refractivity contribution in [2.24, 2.45) is 0 Å².